The van der Waals surface area contributed by atoms with Crippen LogP contribution in [0.25, 0.3) is 98.8 Å². The van der Waals surface area contributed by atoms with Crippen LogP contribution in [-0.4, -0.2) is 0 Å². The number of fused-ring (bicyclic) bond motifs is 13. The van der Waals surface area contributed by atoms with Gasteiger partial charge in [0, 0.05) is 63.0 Å². The van der Waals surface area contributed by atoms with Crippen LogP contribution in [0.1, 0.15) is 139 Å². The van der Waals surface area contributed by atoms with E-state index in [-0.39, 0.29) is 10.8 Å². The predicted molar refractivity (Wildman–Crippen MR) is 324 cm³/mol. The molecule has 0 amide bonds. The fourth-order valence-corrected chi connectivity index (χ4v) is 17.3. The summed E-state index contributed by atoms with van der Waals surface area (Å²) < 4.78 is 16.2. The molecule has 6 aromatic carbocycles. The van der Waals surface area contributed by atoms with Gasteiger partial charge in [0.15, 0.2) is 0 Å². The Bertz CT molecular complexity index is 3790. The van der Waals surface area contributed by atoms with E-state index in [0.29, 0.717) is 23.7 Å². The summed E-state index contributed by atoms with van der Waals surface area (Å²) in [6, 6.07) is 55.3. The Hall–Kier alpha value is -6.46. The first kappa shape index (κ1) is 48.0. The minimum Gasteiger partial charge on any atom is -0.456 e. The Kier molecular flexibility index (Phi) is 12.1. The predicted octanol–water partition coefficient (Wildman–Crippen LogP) is 18.3. The monoisotopic (exact) mass is 1030 g/mol. The van der Waals surface area contributed by atoms with Gasteiger partial charge in [0.2, 0.25) is 0 Å². The van der Waals surface area contributed by atoms with Crippen molar-refractivity contribution >= 4 is 78.3 Å². The third-order valence-electron chi connectivity index (χ3n) is 18.7. The molecule has 4 aliphatic rings. The van der Waals surface area contributed by atoms with E-state index in [4.69, 9.17) is 8.83 Å². The Balaban J connectivity index is 0.822. The van der Waals surface area contributed by atoms with Crippen molar-refractivity contribution in [3.63, 3.8) is 0 Å². The van der Waals surface area contributed by atoms with Crippen LogP contribution < -0.4 is 21.3 Å². The Morgan fingerprint density at radius 1 is 0.395 bits per heavy atom. The molecule has 0 fully saturated rings. The molecule has 76 heavy (non-hydrogen) atoms. The van der Waals surface area contributed by atoms with Crippen LogP contribution in [0.4, 0.5) is 0 Å². The summed E-state index contributed by atoms with van der Waals surface area (Å²) in [5.74, 6) is 1.39. The Labute approximate surface area is 455 Å². The van der Waals surface area contributed by atoms with Crippen molar-refractivity contribution in [2.75, 3.05) is 0 Å². The number of hydrogen-bond donors (Lipinski definition) is 0. The quantitative estimate of drug-likeness (QED) is 0.0964. The molecule has 0 saturated carbocycles. The molecule has 4 aromatic heterocycles. The molecule has 10 aromatic rings. The highest BCUT2D eigenvalue weighted by atomic mass is 32.1. The number of hydrogen-bond acceptors (Lipinski definition) is 4. The van der Waals surface area contributed by atoms with Crippen LogP contribution in [0.5, 0.6) is 0 Å². The SMILES string of the molecule is CCCCC1(CCCC)c2cc(-c3cc4sc(-c5ccc6c(c5)C(CCCC)(CCCC)C5C=c7c(oc8ccc(-c9ccccc9)cc78)=CC65)cc4s3)ccc2C2C=c3oc4ccc(-c5ccccc5)cc4c3=CC21. The van der Waals surface area contributed by atoms with E-state index >= 15 is 0 Å². The highest BCUT2D eigenvalue weighted by molar-refractivity contribution is 7.31. The summed E-state index contributed by atoms with van der Waals surface area (Å²) in [4.78, 5) is 2.76. The van der Waals surface area contributed by atoms with Crippen molar-refractivity contribution in [2.24, 2.45) is 11.8 Å². The fraction of sp³-hybridized carbons (Fsp3) is 0.306. The third kappa shape index (κ3) is 7.66. The zero-order valence-electron chi connectivity index (χ0n) is 44.6. The zero-order chi connectivity index (χ0) is 51.1. The molecule has 4 unspecified atom stereocenters. The zero-order valence-corrected chi connectivity index (χ0v) is 46.2. The van der Waals surface area contributed by atoms with Crippen molar-refractivity contribution in [1.29, 1.82) is 0 Å². The fourth-order valence-electron chi connectivity index (χ4n) is 14.9. The van der Waals surface area contributed by atoms with E-state index in [0.717, 1.165) is 22.0 Å². The number of thiophene rings is 2. The number of unbranched alkanes of at least 4 members (excludes halogenated alkanes) is 4. The van der Waals surface area contributed by atoms with Gasteiger partial charge in [-0.2, -0.15) is 0 Å². The molecule has 0 aliphatic heterocycles. The largest absolute Gasteiger partial charge is 0.456 e. The molecule has 0 radical (unpaired) electrons. The molecule has 14 rings (SSSR count). The van der Waals surface area contributed by atoms with E-state index in [9.17, 15) is 0 Å². The van der Waals surface area contributed by atoms with E-state index < -0.39 is 0 Å². The average molecular weight is 1030 g/mol. The van der Waals surface area contributed by atoms with Gasteiger partial charge in [-0.15, -0.1) is 22.7 Å². The summed E-state index contributed by atoms with van der Waals surface area (Å²) in [5.41, 5.74) is 18.1. The van der Waals surface area contributed by atoms with Gasteiger partial charge in [0.1, 0.15) is 22.0 Å². The highest BCUT2D eigenvalue weighted by Gasteiger charge is 2.52. The third-order valence-corrected chi connectivity index (χ3v) is 21.1. The van der Waals surface area contributed by atoms with Crippen LogP contribution >= 0.6 is 22.7 Å². The number of benzene rings is 6. The molecule has 380 valence electrons. The van der Waals surface area contributed by atoms with E-state index in [1.165, 1.54) is 162 Å². The maximum absolute atomic E-state index is 6.73. The van der Waals surface area contributed by atoms with Gasteiger partial charge in [-0.3, -0.25) is 0 Å². The number of rotatable bonds is 16. The van der Waals surface area contributed by atoms with Crippen LogP contribution in [0.3, 0.4) is 0 Å². The molecule has 4 heterocycles. The van der Waals surface area contributed by atoms with Crippen LogP contribution in [-0.2, 0) is 10.8 Å². The van der Waals surface area contributed by atoms with E-state index in [1.54, 1.807) is 11.1 Å². The van der Waals surface area contributed by atoms with Gasteiger partial charge in [-0.05, 0) is 154 Å². The molecular formula is C72H68O2S2. The maximum atomic E-state index is 6.73. The lowest BCUT2D eigenvalue weighted by molar-refractivity contribution is 0.283. The highest BCUT2D eigenvalue weighted by Crippen LogP contribution is 2.60. The first-order valence-electron chi connectivity index (χ1n) is 28.9. The Morgan fingerprint density at radius 2 is 0.789 bits per heavy atom. The molecular weight excluding hydrogens is 961 g/mol. The summed E-state index contributed by atoms with van der Waals surface area (Å²) >= 11 is 3.96. The molecule has 0 spiro atoms. The van der Waals surface area contributed by atoms with Crippen molar-refractivity contribution < 1.29 is 8.83 Å². The summed E-state index contributed by atoms with van der Waals surface area (Å²) in [5, 5.41) is 5.06. The van der Waals surface area contributed by atoms with Gasteiger partial charge in [-0.1, -0.05) is 188 Å². The lowest BCUT2D eigenvalue weighted by atomic mass is 9.65. The van der Waals surface area contributed by atoms with Crippen molar-refractivity contribution in [2.45, 2.75) is 127 Å². The van der Waals surface area contributed by atoms with E-state index in [1.807, 2.05) is 22.7 Å². The van der Waals surface area contributed by atoms with E-state index in [2.05, 4.69) is 198 Å². The minimum absolute atomic E-state index is 0.0717. The van der Waals surface area contributed by atoms with Crippen LogP contribution in [0.15, 0.2) is 154 Å². The molecule has 2 nitrogen and oxygen atoms in total. The molecule has 0 saturated heterocycles. The Morgan fingerprint density at radius 3 is 1.18 bits per heavy atom. The summed E-state index contributed by atoms with van der Waals surface area (Å²) in [6.45, 7) is 9.47. The van der Waals surface area contributed by atoms with Gasteiger partial charge in [-0.25, -0.2) is 0 Å². The van der Waals surface area contributed by atoms with Crippen molar-refractivity contribution in [3.8, 4) is 43.1 Å². The first-order chi connectivity index (χ1) is 37.4. The molecule has 4 atom stereocenters. The topological polar surface area (TPSA) is 26.3 Å². The average Bonchev–Trinajstić information content (AvgIpc) is 4.35. The van der Waals surface area contributed by atoms with Gasteiger partial charge in [0.05, 0.1) is 0 Å². The van der Waals surface area contributed by atoms with Gasteiger partial charge < -0.3 is 8.83 Å². The van der Waals surface area contributed by atoms with Gasteiger partial charge >= 0.3 is 0 Å². The first-order valence-corrected chi connectivity index (χ1v) is 30.5. The molecule has 0 bridgehead atoms. The lowest BCUT2D eigenvalue weighted by Crippen LogP contribution is -2.37. The normalized spacial score (nSPS) is 19.3. The summed E-state index contributed by atoms with van der Waals surface area (Å²) in [7, 11) is 0. The van der Waals surface area contributed by atoms with Crippen LogP contribution in [0, 0.1) is 11.8 Å². The summed E-state index contributed by atoms with van der Waals surface area (Å²) in [6.07, 6.45) is 24.9. The minimum atomic E-state index is 0.0717. The van der Waals surface area contributed by atoms with Gasteiger partial charge in [0.25, 0.3) is 0 Å². The molecule has 0 N–H and O–H groups in total. The van der Waals surface area contributed by atoms with Crippen molar-refractivity contribution in [1.82, 2.24) is 0 Å². The van der Waals surface area contributed by atoms with Crippen LogP contribution in [0.2, 0.25) is 0 Å². The second-order valence-corrected chi connectivity index (χ2v) is 25.1. The second-order valence-electron chi connectivity index (χ2n) is 23.0. The lowest BCUT2D eigenvalue weighted by Gasteiger charge is -2.38. The second kappa shape index (κ2) is 19.2. The van der Waals surface area contributed by atoms with Crippen molar-refractivity contribution in [3.05, 3.63) is 189 Å². The molecule has 4 heteroatoms. The molecule has 4 aliphatic carbocycles. The maximum Gasteiger partial charge on any atom is 0.135 e. The smallest absolute Gasteiger partial charge is 0.135 e. The standard InChI is InChI=1S/C72H68O2S2/c1-5-9-31-71(32-10-6-2)59-37-49(23-27-51(59)53-41-65-57(39-61(53)71)55-35-47(25-29-63(55)73-65)45-19-15-13-16-20-45)67-43-69-70(75-67)44-68(76-69)50-24-28-52-54-42-66-58(40-62(54)72(33-11-7-3,34-12-8-4)60(52)38-50)56-36-48(26-30-64(56)74-66)46-21-17-14-18-22-46/h13-30,35-44,53-54,61-62H,5-12,31-34H2,1-4H3. The number of furan rings is 2.